The molecular weight excluding hydrogens is 254 g/mol. The van der Waals surface area contributed by atoms with Crippen molar-refractivity contribution in [1.82, 2.24) is 4.90 Å². The van der Waals surface area contributed by atoms with Crippen LogP contribution in [0.2, 0.25) is 0 Å². The zero-order chi connectivity index (χ0) is 14.9. The van der Waals surface area contributed by atoms with Crippen molar-refractivity contribution in [1.29, 1.82) is 0 Å². The van der Waals surface area contributed by atoms with E-state index in [2.05, 4.69) is 56.0 Å². The Labute approximate surface area is 130 Å². The van der Waals surface area contributed by atoms with Crippen molar-refractivity contribution in [3.05, 3.63) is 35.9 Å². The molecule has 2 atom stereocenters. The van der Waals surface area contributed by atoms with Gasteiger partial charge in [-0.15, -0.1) is 0 Å². The van der Waals surface area contributed by atoms with E-state index in [4.69, 9.17) is 0 Å². The average Bonchev–Trinajstić information content (AvgIpc) is 2.47. The molecule has 1 heterocycles. The molecule has 116 valence electrons. The molecule has 0 radical (unpaired) electrons. The lowest BCUT2D eigenvalue weighted by molar-refractivity contribution is -0.0314. The molecule has 1 saturated heterocycles. The lowest BCUT2D eigenvalue weighted by Gasteiger charge is -2.54. The summed E-state index contributed by atoms with van der Waals surface area (Å²) >= 11 is 0. The highest BCUT2D eigenvalue weighted by Gasteiger charge is 2.47. The van der Waals surface area contributed by atoms with Crippen LogP contribution in [0.4, 0.5) is 0 Å². The molecular formula is C20H31N. The second-order valence-corrected chi connectivity index (χ2v) is 8.30. The molecule has 21 heavy (non-hydrogen) atoms. The summed E-state index contributed by atoms with van der Waals surface area (Å²) in [5.41, 5.74) is 2.29. The minimum absolute atomic E-state index is 0.281. The van der Waals surface area contributed by atoms with Gasteiger partial charge in [0.15, 0.2) is 0 Å². The molecule has 1 heteroatoms. The van der Waals surface area contributed by atoms with Crippen molar-refractivity contribution in [2.75, 3.05) is 13.1 Å². The fraction of sp³-hybridized carbons (Fsp3) is 0.700. The lowest BCUT2D eigenvalue weighted by Crippen LogP contribution is -2.54. The van der Waals surface area contributed by atoms with Gasteiger partial charge in [0.05, 0.1) is 0 Å². The van der Waals surface area contributed by atoms with E-state index in [9.17, 15) is 0 Å². The van der Waals surface area contributed by atoms with Gasteiger partial charge in [-0.05, 0) is 62.1 Å². The summed E-state index contributed by atoms with van der Waals surface area (Å²) in [6, 6.07) is 11.4. The predicted molar refractivity (Wildman–Crippen MR) is 90.3 cm³/mol. The van der Waals surface area contributed by atoms with Gasteiger partial charge in [-0.3, -0.25) is 4.90 Å². The standard InChI is InChI=1S/C20H31N/c1-17-14-19(2,3)16-20(15-17,18-10-6-4-7-11-18)21-12-8-5-9-13-21/h4,6-7,10-11,17H,5,8-9,12-16H2,1-3H3/t17-,20-/m0/s1. The van der Waals surface area contributed by atoms with E-state index in [1.54, 1.807) is 5.56 Å². The van der Waals surface area contributed by atoms with Crippen molar-refractivity contribution in [3.63, 3.8) is 0 Å². The summed E-state index contributed by atoms with van der Waals surface area (Å²) in [5, 5.41) is 0. The maximum absolute atomic E-state index is 2.84. The molecule has 0 spiro atoms. The van der Waals surface area contributed by atoms with Crippen LogP contribution in [0.1, 0.15) is 64.9 Å². The van der Waals surface area contributed by atoms with Gasteiger partial charge in [-0.2, -0.15) is 0 Å². The van der Waals surface area contributed by atoms with E-state index < -0.39 is 0 Å². The number of hydrogen-bond acceptors (Lipinski definition) is 1. The number of rotatable bonds is 2. The molecule has 0 unspecified atom stereocenters. The first kappa shape index (κ1) is 15.1. The third-order valence-corrected chi connectivity index (χ3v) is 5.63. The minimum Gasteiger partial charge on any atom is -0.294 e. The molecule has 1 aliphatic heterocycles. The fourth-order valence-electron chi connectivity index (χ4n) is 5.24. The van der Waals surface area contributed by atoms with E-state index >= 15 is 0 Å². The Hall–Kier alpha value is -0.820. The number of likely N-dealkylation sites (tertiary alicyclic amines) is 1. The van der Waals surface area contributed by atoms with Gasteiger partial charge in [0.2, 0.25) is 0 Å². The van der Waals surface area contributed by atoms with Gasteiger partial charge in [0, 0.05) is 5.54 Å². The number of hydrogen-bond donors (Lipinski definition) is 0. The van der Waals surface area contributed by atoms with Crippen LogP contribution in [-0.4, -0.2) is 18.0 Å². The van der Waals surface area contributed by atoms with Crippen molar-refractivity contribution in [3.8, 4) is 0 Å². The van der Waals surface area contributed by atoms with Crippen LogP contribution in [0.15, 0.2) is 30.3 Å². The van der Waals surface area contributed by atoms with Crippen molar-refractivity contribution >= 4 is 0 Å². The summed E-state index contributed by atoms with van der Waals surface area (Å²) < 4.78 is 0. The first-order chi connectivity index (χ1) is 10.0. The smallest absolute Gasteiger partial charge is 0.0468 e. The maximum atomic E-state index is 2.84. The normalized spacial score (nSPS) is 33.8. The predicted octanol–water partition coefficient (Wildman–Crippen LogP) is 5.21. The average molecular weight is 285 g/mol. The Morgan fingerprint density at radius 3 is 2.24 bits per heavy atom. The molecule has 0 bridgehead atoms. The SMILES string of the molecule is C[C@H]1CC(C)(C)C[C@@](c2ccccc2)(N2CCCCC2)C1. The van der Waals surface area contributed by atoms with Crippen LogP contribution >= 0.6 is 0 Å². The number of benzene rings is 1. The zero-order valence-electron chi connectivity index (χ0n) is 14.1. The Kier molecular flexibility index (Phi) is 4.14. The summed E-state index contributed by atoms with van der Waals surface area (Å²) in [4.78, 5) is 2.84. The lowest BCUT2D eigenvalue weighted by atomic mass is 9.61. The third kappa shape index (κ3) is 3.04. The molecule has 1 aromatic carbocycles. The Bertz CT molecular complexity index is 458. The Balaban J connectivity index is 2.01. The van der Waals surface area contributed by atoms with Crippen molar-refractivity contribution < 1.29 is 0 Å². The van der Waals surface area contributed by atoms with Crippen molar-refractivity contribution in [2.24, 2.45) is 11.3 Å². The topological polar surface area (TPSA) is 3.24 Å². The van der Waals surface area contributed by atoms with Crippen LogP contribution in [0.3, 0.4) is 0 Å². The highest BCUT2D eigenvalue weighted by atomic mass is 15.2. The van der Waals surface area contributed by atoms with Crippen LogP contribution in [0, 0.1) is 11.3 Å². The summed E-state index contributed by atoms with van der Waals surface area (Å²) in [6.07, 6.45) is 8.19. The van der Waals surface area contributed by atoms with Gasteiger partial charge in [0.25, 0.3) is 0 Å². The molecule has 0 amide bonds. The summed E-state index contributed by atoms with van der Waals surface area (Å²) in [7, 11) is 0. The van der Waals surface area contributed by atoms with Crippen LogP contribution in [0.5, 0.6) is 0 Å². The monoisotopic (exact) mass is 285 g/mol. The summed E-state index contributed by atoms with van der Waals surface area (Å²) in [5.74, 6) is 0.816. The maximum Gasteiger partial charge on any atom is 0.0468 e. The van der Waals surface area contributed by atoms with E-state index in [0.29, 0.717) is 5.41 Å². The zero-order valence-corrected chi connectivity index (χ0v) is 14.1. The van der Waals surface area contributed by atoms with Crippen LogP contribution in [-0.2, 0) is 5.54 Å². The fourth-order valence-corrected chi connectivity index (χ4v) is 5.24. The van der Waals surface area contributed by atoms with E-state index in [1.165, 1.54) is 51.6 Å². The second kappa shape index (κ2) is 5.76. The van der Waals surface area contributed by atoms with E-state index in [0.717, 1.165) is 5.92 Å². The first-order valence-corrected chi connectivity index (χ1v) is 8.82. The van der Waals surface area contributed by atoms with E-state index in [-0.39, 0.29) is 5.54 Å². The first-order valence-electron chi connectivity index (χ1n) is 8.82. The molecule has 1 aliphatic carbocycles. The molecule has 1 saturated carbocycles. The molecule has 2 aliphatic rings. The highest BCUT2D eigenvalue weighted by molar-refractivity contribution is 5.27. The molecule has 1 aromatic rings. The third-order valence-electron chi connectivity index (χ3n) is 5.63. The molecule has 0 aromatic heterocycles. The summed E-state index contributed by atoms with van der Waals surface area (Å²) in [6.45, 7) is 9.99. The Morgan fingerprint density at radius 1 is 0.952 bits per heavy atom. The molecule has 1 nitrogen and oxygen atoms in total. The van der Waals surface area contributed by atoms with Crippen LogP contribution in [0.25, 0.3) is 0 Å². The van der Waals surface area contributed by atoms with Gasteiger partial charge in [-0.1, -0.05) is 57.5 Å². The van der Waals surface area contributed by atoms with Gasteiger partial charge in [-0.25, -0.2) is 0 Å². The van der Waals surface area contributed by atoms with Gasteiger partial charge < -0.3 is 0 Å². The minimum atomic E-state index is 0.281. The number of piperidine rings is 1. The van der Waals surface area contributed by atoms with E-state index in [1.807, 2.05) is 0 Å². The van der Waals surface area contributed by atoms with Gasteiger partial charge >= 0.3 is 0 Å². The second-order valence-electron chi connectivity index (χ2n) is 8.30. The number of nitrogens with zero attached hydrogens (tertiary/aromatic N) is 1. The highest BCUT2D eigenvalue weighted by Crippen LogP contribution is 2.52. The van der Waals surface area contributed by atoms with Crippen molar-refractivity contribution in [2.45, 2.75) is 64.8 Å². The van der Waals surface area contributed by atoms with Gasteiger partial charge in [0.1, 0.15) is 0 Å². The molecule has 2 fully saturated rings. The van der Waals surface area contributed by atoms with Crippen LogP contribution < -0.4 is 0 Å². The quantitative estimate of drug-likeness (QED) is 0.720. The molecule has 3 rings (SSSR count). The Morgan fingerprint density at radius 2 is 1.62 bits per heavy atom. The molecule has 0 N–H and O–H groups in total. The largest absolute Gasteiger partial charge is 0.294 e.